The van der Waals surface area contributed by atoms with Gasteiger partial charge in [-0.2, -0.15) is 0 Å². The predicted octanol–water partition coefficient (Wildman–Crippen LogP) is 3.97. The fourth-order valence-electron chi connectivity index (χ4n) is 1.58. The van der Waals surface area contributed by atoms with Crippen LogP contribution in [0.3, 0.4) is 0 Å². The lowest BCUT2D eigenvalue weighted by atomic mass is 10.2. The second kappa shape index (κ2) is 4.89. The Hall–Kier alpha value is 0.01000. The molecule has 0 N–H and O–H groups in total. The Kier molecular flexibility index (Phi) is 3.75. The van der Waals surface area contributed by atoms with Gasteiger partial charge in [0.1, 0.15) is 0 Å². The maximum Gasteiger partial charge on any atom is 0.0526 e. The highest BCUT2D eigenvalue weighted by Crippen LogP contribution is 2.49. The van der Waals surface area contributed by atoms with E-state index in [-0.39, 0.29) is 0 Å². The van der Waals surface area contributed by atoms with E-state index in [1.807, 2.05) is 11.8 Å². The summed E-state index contributed by atoms with van der Waals surface area (Å²) in [6, 6.07) is 8.52. The van der Waals surface area contributed by atoms with E-state index >= 15 is 0 Å². The van der Waals surface area contributed by atoms with Gasteiger partial charge in [0.15, 0.2) is 0 Å². The molecule has 0 radical (unpaired) electrons. The first-order valence-corrected chi connectivity index (χ1v) is 6.89. The van der Waals surface area contributed by atoms with E-state index in [1.165, 1.54) is 23.5 Å². The van der Waals surface area contributed by atoms with E-state index < -0.39 is 0 Å². The summed E-state index contributed by atoms with van der Waals surface area (Å²) in [7, 11) is 1.80. The van der Waals surface area contributed by atoms with Crippen LogP contribution in [0.15, 0.2) is 33.6 Å². The molecule has 3 heteroatoms. The highest BCUT2D eigenvalue weighted by atomic mass is 79.9. The van der Waals surface area contributed by atoms with Gasteiger partial charge in [0, 0.05) is 27.6 Å². The third-order valence-corrected chi connectivity index (χ3v) is 4.66. The molecule has 1 saturated carbocycles. The van der Waals surface area contributed by atoms with Gasteiger partial charge in [0.2, 0.25) is 0 Å². The van der Waals surface area contributed by atoms with E-state index in [2.05, 4.69) is 40.2 Å². The lowest BCUT2D eigenvalue weighted by molar-refractivity contribution is 0.152. The van der Waals surface area contributed by atoms with Crippen molar-refractivity contribution < 1.29 is 4.74 Å². The molecule has 82 valence electrons. The molecule has 0 heterocycles. The molecule has 0 aromatic heterocycles. The molecule has 0 unspecified atom stereocenters. The minimum Gasteiger partial charge on any atom is -0.384 e. The summed E-state index contributed by atoms with van der Waals surface area (Å²) < 4.78 is 6.40. The largest absolute Gasteiger partial charge is 0.384 e. The second-order valence-corrected chi connectivity index (χ2v) is 6.14. The average molecular weight is 287 g/mol. The van der Waals surface area contributed by atoms with Gasteiger partial charge in [-0.25, -0.2) is 0 Å². The van der Waals surface area contributed by atoms with Crippen molar-refractivity contribution in [2.24, 2.45) is 5.41 Å². The van der Waals surface area contributed by atoms with Crippen LogP contribution in [0.5, 0.6) is 0 Å². The normalized spacial score (nSPS) is 17.7. The zero-order chi connectivity index (χ0) is 10.7. The van der Waals surface area contributed by atoms with Gasteiger partial charge in [-0.1, -0.05) is 15.9 Å². The van der Waals surface area contributed by atoms with E-state index in [1.54, 1.807) is 7.11 Å². The lowest BCUT2D eigenvalue weighted by Gasteiger charge is -2.12. The maximum absolute atomic E-state index is 5.26. The minimum atomic E-state index is 0.479. The van der Waals surface area contributed by atoms with E-state index in [9.17, 15) is 0 Å². The minimum absolute atomic E-state index is 0.479. The van der Waals surface area contributed by atoms with Gasteiger partial charge < -0.3 is 4.74 Å². The second-order valence-electron chi connectivity index (χ2n) is 4.18. The monoisotopic (exact) mass is 286 g/mol. The van der Waals surface area contributed by atoms with Crippen LogP contribution in [0.4, 0.5) is 0 Å². The first-order valence-electron chi connectivity index (χ1n) is 5.11. The molecule has 0 bridgehead atoms. The van der Waals surface area contributed by atoms with Gasteiger partial charge in [-0.3, -0.25) is 0 Å². The van der Waals surface area contributed by atoms with E-state index in [0.717, 1.165) is 11.1 Å². The van der Waals surface area contributed by atoms with Gasteiger partial charge in [-0.15, -0.1) is 11.8 Å². The Bertz CT molecular complexity index is 319. The van der Waals surface area contributed by atoms with Crippen LogP contribution in [0.25, 0.3) is 0 Å². The van der Waals surface area contributed by atoms with Crippen molar-refractivity contribution in [1.29, 1.82) is 0 Å². The van der Waals surface area contributed by atoms with Crippen molar-refractivity contribution in [1.82, 2.24) is 0 Å². The highest BCUT2D eigenvalue weighted by Gasteiger charge is 2.42. The fraction of sp³-hybridized carbons (Fsp3) is 0.500. The van der Waals surface area contributed by atoms with Crippen molar-refractivity contribution in [2.75, 3.05) is 19.5 Å². The van der Waals surface area contributed by atoms with Crippen molar-refractivity contribution in [3.63, 3.8) is 0 Å². The molecular formula is C12H15BrOS. The third-order valence-electron chi connectivity index (χ3n) is 2.77. The van der Waals surface area contributed by atoms with E-state index in [0.29, 0.717) is 5.41 Å². The first kappa shape index (κ1) is 11.5. The van der Waals surface area contributed by atoms with Crippen molar-refractivity contribution in [3.05, 3.63) is 28.7 Å². The van der Waals surface area contributed by atoms with Crippen LogP contribution in [0, 0.1) is 5.41 Å². The molecule has 0 spiro atoms. The number of benzene rings is 1. The summed E-state index contributed by atoms with van der Waals surface area (Å²) in [5.41, 5.74) is 0.479. The summed E-state index contributed by atoms with van der Waals surface area (Å²) in [6.45, 7) is 0.913. The van der Waals surface area contributed by atoms with Crippen molar-refractivity contribution in [3.8, 4) is 0 Å². The zero-order valence-corrected chi connectivity index (χ0v) is 11.2. The number of halogens is 1. The summed E-state index contributed by atoms with van der Waals surface area (Å²) in [5, 5.41) is 0. The van der Waals surface area contributed by atoms with Crippen LogP contribution in [0.1, 0.15) is 12.8 Å². The lowest BCUT2D eigenvalue weighted by Crippen LogP contribution is -2.11. The van der Waals surface area contributed by atoms with Crippen LogP contribution in [0.2, 0.25) is 0 Å². The number of methoxy groups -OCH3 is 1. The molecule has 1 aromatic carbocycles. The number of hydrogen-bond acceptors (Lipinski definition) is 2. The van der Waals surface area contributed by atoms with Gasteiger partial charge in [0.05, 0.1) is 6.61 Å². The topological polar surface area (TPSA) is 9.23 Å². The summed E-state index contributed by atoms with van der Waals surface area (Å²) in [5.74, 6) is 1.18. The molecule has 2 rings (SSSR count). The Morgan fingerprint density at radius 1 is 1.33 bits per heavy atom. The molecule has 1 aliphatic carbocycles. The van der Waals surface area contributed by atoms with Crippen molar-refractivity contribution in [2.45, 2.75) is 17.7 Å². The molecule has 1 fully saturated rings. The summed E-state index contributed by atoms with van der Waals surface area (Å²) in [6.07, 6.45) is 2.65. The number of ether oxygens (including phenoxy) is 1. The van der Waals surface area contributed by atoms with Crippen LogP contribution < -0.4 is 0 Å². The molecule has 1 aromatic rings. The van der Waals surface area contributed by atoms with Crippen LogP contribution in [-0.4, -0.2) is 19.5 Å². The molecular weight excluding hydrogens is 272 g/mol. The smallest absolute Gasteiger partial charge is 0.0526 e. The third kappa shape index (κ3) is 3.23. The molecule has 0 amide bonds. The van der Waals surface area contributed by atoms with Crippen LogP contribution >= 0.6 is 27.7 Å². The molecule has 1 nitrogen and oxygen atoms in total. The van der Waals surface area contributed by atoms with Gasteiger partial charge >= 0.3 is 0 Å². The Balaban J connectivity index is 1.85. The molecule has 1 aliphatic rings. The Morgan fingerprint density at radius 3 is 2.53 bits per heavy atom. The van der Waals surface area contributed by atoms with E-state index in [4.69, 9.17) is 4.74 Å². The van der Waals surface area contributed by atoms with Crippen molar-refractivity contribution >= 4 is 27.7 Å². The molecule has 0 aliphatic heterocycles. The summed E-state index contributed by atoms with van der Waals surface area (Å²) >= 11 is 5.38. The number of rotatable bonds is 5. The number of thioether (sulfide) groups is 1. The predicted molar refractivity (Wildman–Crippen MR) is 68.4 cm³/mol. The molecule has 0 atom stereocenters. The molecule has 0 saturated heterocycles. The first-order chi connectivity index (χ1) is 7.24. The highest BCUT2D eigenvalue weighted by molar-refractivity contribution is 9.10. The number of hydrogen-bond donors (Lipinski definition) is 0. The standard InChI is InChI=1S/C12H15BrOS/c1-14-8-12(6-7-12)9-15-11-4-2-10(13)3-5-11/h2-5H,6-9H2,1H3. The average Bonchev–Trinajstić information content (AvgIpc) is 2.99. The van der Waals surface area contributed by atoms with Crippen LogP contribution in [-0.2, 0) is 4.74 Å². The summed E-state index contributed by atoms with van der Waals surface area (Å²) in [4.78, 5) is 1.35. The van der Waals surface area contributed by atoms with Gasteiger partial charge in [0.25, 0.3) is 0 Å². The van der Waals surface area contributed by atoms with Gasteiger partial charge in [-0.05, 0) is 37.1 Å². The zero-order valence-electron chi connectivity index (χ0n) is 8.83. The maximum atomic E-state index is 5.26. The fourth-order valence-corrected chi connectivity index (χ4v) is 3.02. The quantitative estimate of drug-likeness (QED) is 0.758. The molecule has 15 heavy (non-hydrogen) atoms. The Labute approximate surface area is 104 Å². The SMILES string of the molecule is COCC1(CSc2ccc(Br)cc2)CC1. The Morgan fingerprint density at radius 2 is 2.00 bits per heavy atom.